The highest BCUT2D eigenvalue weighted by Gasteiger charge is 2.12. The summed E-state index contributed by atoms with van der Waals surface area (Å²) in [6, 6.07) is 7.67. The van der Waals surface area contributed by atoms with Gasteiger partial charge in [0.2, 0.25) is 0 Å². The molecule has 1 aromatic carbocycles. The van der Waals surface area contributed by atoms with Gasteiger partial charge in [-0.25, -0.2) is 4.79 Å². The van der Waals surface area contributed by atoms with E-state index in [1.54, 1.807) is 0 Å². The van der Waals surface area contributed by atoms with Gasteiger partial charge in [0, 0.05) is 25.3 Å². The van der Waals surface area contributed by atoms with Crippen LogP contribution in [0.25, 0.3) is 0 Å². The molecule has 1 rings (SSSR count). The van der Waals surface area contributed by atoms with Crippen LogP contribution in [0.3, 0.4) is 0 Å². The lowest BCUT2D eigenvalue weighted by atomic mass is 10.2. The van der Waals surface area contributed by atoms with E-state index in [1.807, 2.05) is 36.1 Å². The molecule has 3 N–H and O–H groups in total. The third-order valence-corrected chi connectivity index (χ3v) is 2.63. The summed E-state index contributed by atoms with van der Waals surface area (Å²) in [6.45, 7) is 6.19. The predicted molar refractivity (Wildman–Crippen MR) is 75.2 cm³/mol. The monoisotopic (exact) mass is 249 g/mol. The van der Waals surface area contributed by atoms with E-state index in [0.717, 1.165) is 37.2 Å². The molecule has 2 amide bonds. The lowest BCUT2D eigenvalue weighted by molar-refractivity contribution is 0.195. The second-order valence-corrected chi connectivity index (χ2v) is 4.40. The number of carbonyl (C=O) groups excluding carboxylic acids is 1. The largest absolute Gasteiger partial charge is 0.399 e. The Bertz CT molecular complexity index is 379. The zero-order chi connectivity index (χ0) is 13.4. The number of nitrogens with zero attached hydrogens (tertiary/aromatic N) is 1. The highest BCUT2D eigenvalue weighted by atomic mass is 16.2. The van der Waals surface area contributed by atoms with Crippen molar-refractivity contribution in [2.45, 2.75) is 33.2 Å². The molecule has 0 spiro atoms. The summed E-state index contributed by atoms with van der Waals surface area (Å²) in [5, 5.41) is 2.91. The molecule has 4 heteroatoms. The maximum Gasteiger partial charge on any atom is 0.317 e. The third-order valence-electron chi connectivity index (χ3n) is 2.63. The van der Waals surface area contributed by atoms with Gasteiger partial charge in [-0.1, -0.05) is 26.0 Å². The Morgan fingerprint density at radius 3 is 2.72 bits per heavy atom. The first-order valence-corrected chi connectivity index (χ1v) is 6.54. The molecular formula is C14H23N3O. The number of amides is 2. The number of hydrogen-bond acceptors (Lipinski definition) is 2. The molecule has 0 atom stereocenters. The molecule has 0 unspecified atom stereocenters. The van der Waals surface area contributed by atoms with Gasteiger partial charge in [0.25, 0.3) is 0 Å². The molecule has 0 aliphatic carbocycles. The number of anilines is 1. The summed E-state index contributed by atoms with van der Waals surface area (Å²) < 4.78 is 0. The Kier molecular flexibility index (Phi) is 6.05. The van der Waals surface area contributed by atoms with Gasteiger partial charge in [-0.2, -0.15) is 0 Å². The molecule has 0 fully saturated rings. The van der Waals surface area contributed by atoms with E-state index in [9.17, 15) is 4.79 Å². The van der Waals surface area contributed by atoms with E-state index in [-0.39, 0.29) is 6.03 Å². The molecule has 0 bridgehead atoms. The van der Waals surface area contributed by atoms with E-state index in [4.69, 9.17) is 5.73 Å². The summed E-state index contributed by atoms with van der Waals surface area (Å²) >= 11 is 0. The number of hydrogen-bond donors (Lipinski definition) is 2. The Morgan fingerprint density at radius 2 is 2.11 bits per heavy atom. The molecular weight excluding hydrogens is 226 g/mol. The van der Waals surface area contributed by atoms with Crippen LogP contribution in [0.15, 0.2) is 24.3 Å². The smallest absolute Gasteiger partial charge is 0.317 e. The first-order valence-electron chi connectivity index (χ1n) is 6.54. The SMILES string of the molecule is CCCNC(=O)N(CCC)Cc1cccc(N)c1. The molecule has 18 heavy (non-hydrogen) atoms. The minimum absolute atomic E-state index is 0.00104. The van der Waals surface area contributed by atoms with Crippen LogP contribution in [0.4, 0.5) is 10.5 Å². The van der Waals surface area contributed by atoms with Crippen LogP contribution in [0.5, 0.6) is 0 Å². The van der Waals surface area contributed by atoms with Crippen LogP contribution < -0.4 is 11.1 Å². The maximum atomic E-state index is 12.0. The normalized spacial score (nSPS) is 10.1. The highest BCUT2D eigenvalue weighted by Crippen LogP contribution is 2.10. The van der Waals surface area contributed by atoms with Crippen LogP contribution in [0.1, 0.15) is 32.3 Å². The standard InChI is InChI=1S/C14H23N3O/c1-3-8-16-14(18)17(9-4-2)11-12-6-5-7-13(15)10-12/h5-7,10H,3-4,8-9,11,15H2,1-2H3,(H,16,18). The van der Waals surface area contributed by atoms with E-state index >= 15 is 0 Å². The fraction of sp³-hybridized carbons (Fsp3) is 0.500. The number of carbonyl (C=O) groups is 1. The number of benzene rings is 1. The van der Waals surface area contributed by atoms with Crippen LogP contribution in [0, 0.1) is 0 Å². The zero-order valence-electron chi connectivity index (χ0n) is 11.3. The average Bonchev–Trinajstić information content (AvgIpc) is 2.35. The lowest BCUT2D eigenvalue weighted by Gasteiger charge is -2.22. The third kappa shape index (κ3) is 4.65. The molecule has 0 heterocycles. The van der Waals surface area contributed by atoms with Gasteiger partial charge in [0.15, 0.2) is 0 Å². The molecule has 100 valence electrons. The van der Waals surface area contributed by atoms with E-state index in [2.05, 4.69) is 12.2 Å². The van der Waals surface area contributed by atoms with E-state index in [0.29, 0.717) is 6.54 Å². The summed E-state index contributed by atoms with van der Waals surface area (Å²) in [6.07, 6.45) is 1.89. The predicted octanol–water partition coefficient (Wildman–Crippen LogP) is 2.60. The average molecular weight is 249 g/mol. The van der Waals surface area contributed by atoms with Crippen molar-refractivity contribution in [2.24, 2.45) is 0 Å². The molecule has 0 saturated carbocycles. The van der Waals surface area contributed by atoms with Crippen LogP contribution in [-0.4, -0.2) is 24.0 Å². The number of nitrogens with two attached hydrogens (primary N) is 1. The molecule has 0 saturated heterocycles. The van der Waals surface area contributed by atoms with Gasteiger partial charge < -0.3 is 16.0 Å². The van der Waals surface area contributed by atoms with Gasteiger partial charge in [-0.3, -0.25) is 0 Å². The topological polar surface area (TPSA) is 58.4 Å². The van der Waals surface area contributed by atoms with Gasteiger partial charge >= 0.3 is 6.03 Å². The Hall–Kier alpha value is -1.71. The fourth-order valence-corrected chi connectivity index (χ4v) is 1.78. The molecule has 0 radical (unpaired) electrons. The van der Waals surface area contributed by atoms with Crippen molar-refractivity contribution in [3.8, 4) is 0 Å². The first kappa shape index (κ1) is 14.4. The summed E-state index contributed by atoms with van der Waals surface area (Å²) in [7, 11) is 0. The van der Waals surface area contributed by atoms with Crippen molar-refractivity contribution in [3.05, 3.63) is 29.8 Å². The van der Waals surface area contributed by atoms with Crippen molar-refractivity contribution < 1.29 is 4.79 Å². The maximum absolute atomic E-state index is 12.0. The number of urea groups is 1. The minimum Gasteiger partial charge on any atom is -0.399 e. The van der Waals surface area contributed by atoms with Crippen molar-refractivity contribution in [2.75, 3.05) is 18.8 Å². The van der Waals surface area contributed by atoms with Crippen LogP contribution >= 0.6 is 0 Å². The second kappa shape index (κ2) is 7.58. The first-order chi connectivity index (χ1) is 8.67. The van der Waals surface area contributed by atoms with E-state index < -0.39 is 0 Å². The lowest BCUT2D eigenvalue weighted by Crippen LogP contribution is -2.40. The number of nitrogens with one attached hydrogen (secondary N) is 1. The second-order valence-electron chi connectivity index (χ2n) is 4.40. The summed E-state index contributed by atoms with van der Waals surface area (Å²) in [5.74, 6) is 0. The highest BCUT2D eigenvalue weighted by molar-refractivity contribution is 5.74. The van der Waals surface area contributed by atoms with Gasteiger partial charge in [0.05, 0.1) is 0 Å². The minimum atomic E-state index is 0.00104. The Balaban J connectivity index is 2.64. The molecule has 0 aliphatic heterocycles. The molecule has 0 aliphatic rings. The van der Waals surface area contributed by atoms with Crippen LogP contribution in [-0.2, 0) is 6.54 Å². The van der Waals surface area contributed by atoms with E-state index in [1.165, 1.54) is 0 Å². The Labute approximate surface area is 109 Å². The zero-order valence-corrected chi connectivity index (χ0v) is 11.3. The van der Waals surface area contributed by atoms with Crippen molar-refractivity contribution in [3.63, 3.8) is 0 Å². The molecule has 4 nitrogen and oxygen atoms in total. The van der Waals surface area contributed by atoms with Gasteiger partial charge in [-0.05, 0) is 30.5 Å². The Morgan fingerprint density at radius 1 is 1.33 bits per heavy atom. The van der Waals surface area contributed by atoms with Crippen molar-refractivity contribution in [1.82, 2.24) is 10.2 Å². The van der Waals surface area contributed by atoms with Crippen LogP contribution in [0.2, 0.25) is 0 Å². The van der Waals surface area contributed by atoms with Crippen molar-refractivity contribution in [1.29, 1.82) is 0 Å². The molecule has 1 aromatic rings. The van der Waals surface area contributed by atoms with Crippen molar-refractivity contribution >= 4 is 11.7 Å². The van der Waals surface area contributed by atoms with Gasteiger partial charge in [-0.15, -0.1) is 0 Å². The summed E-state index contributed by atoms with van der Waals surface area (Å²) in [4.78, 5) is 13.8. The fourth-order valence-electron chi connectivity index (χ4n) is 1.78. The number of rotatable bonds is 6. The number of nitrogen functional groups attached to an aromatic ring is 1. The summed E-state index contributed by atoms with van der Waals surface area (Å²) in [5.41, 5.74) is 7.54. The quantitative estimate of drug-likeness (QED) is 0.761. The molecule has 0 aromatic heterocycles. The van der Waals surface area contributed by atoms with Gasteiger partial charge in [0.1, 0.15) is 0 Å².